The number of nitrogens with zero attached hydrogens (tertiary/aromatic N) is 2. The summed E-state index contributed by atoms with van der Waals surface area (Å²) in [4.78, 5) is 20.1. The highest BCUT2D eigenvalue weighted by molar-refractivity contribution is 7.85. The first-order valence-electron chi connectivity index (χ1n) is 6.61. The van der Waals surface area contributed by atoms with Crippen LogP contribution in [0.3, 0.4) is 0 Å². The number of rotatable bonds is 7. The molecule has 2 rings (SSSR count). The second kappa shape index (κ2) is 7.15. The first kappa shape index (κ1) is 17.5. The maximum Gasteiger partial charge on any atom is 0.281 e. The Morgan fingerprint density at radius 1 is 0.958 bits per heavy atom. The van der Waals surface area contributed by atoms with Crippen molar-refractivity contribution in [2.75, 3.05) is 0 Å². The van der Waals surface area contributed by atoms with Crippen LogP contribution in [0, 0.1) is 20.2 Å². The van der Waals surface area contributed by atoms with Crippen molar-refractivity contribution in [1.82, 2.24) is 0 Å². The first-order chi connectivity index (χ1) is 11.3. The predicted molar refractivity (Wildman–Crippen MR) is 83.6 cm³/mol. The van der Waals surface area contributed by atoms with Gasteiger partial charge in [0.15, 0.2) is 0 Å². The fourth-order valence-electron chi connectivity index (χ4n) is 1.93. The lowest BCUT2D eigenvalue weighted by Gasteiger charge is -2.06. The molecule has 2 aromatic carbocycles. The van der Waals surface area contributed by atoms with Gasteiger partial charge in [0.1, 0.15) is 5.75 Å². The van der Waals surface area contributed by atoms with Gasteiger partial charge in [-0.2, -0.15) is 8.42 Å². The average molecular weight is 352 g/mol. The van der Waals surface area contributed by atoms with E-state index in [0.29, 0.717) is 5.56 Å². The molecular weight excluding hydrogens is 340 g/mol. The van der Waals surface area contributed by atoms with Crippen molar-refractivity contribution in [3.05, 3.63) is 79.9 Å². The van der Waals surface area contributed by atoms with E-state index in [-0.39, 0.29) is 11.3 Å². The minimum Gasteiger partial charge on any atom is -0.265 e. The Balaban J connectivity index is 2.16. The molecule has 126 valence electrons. The van der Waals surface area contributed by atoms with E-state index in [0.717, 1.165) is 18.2 Å². The van der Waals surface area contributed by atoms with E-state index in [1.807, 2.05) is 0 Å². The summed E-state index contributed by atoms with van der Waals surface area (Å²) in [5.41, 5.74) is -0.588. The minimum absolute atomic E-state index is 0.0674. The molecule has 0 amide bonds. The standard InChI is InChI=1S/C14H12N2O7S/c17-15(18)13-7-6-12(14(8-13)16(19)20)9-23-24(21,22)10-11-4-2-1-3-5-11/h1-8H,9-10H2. The number of non-ortho nitro benzene ring substituents is 1. The highest BCUT2D eigenvalue weighted by atomic mass is 32.2. The number of benzene rings is 2. The van der Waals surface area contributed by atoms with E-state index in [1.54, 1.807) is 30.3 Å². The van der Waals surface area contributed by atoms with Crippen molar-refractivity contribution in [1.29, 1.82) is 0 Å². The minimum atomic E-state index is -3.96. The van der Waals surface area contributed by atoms with E-state index in [2.05, 4.69) is 0 Å². The Bertz CT molecular complexity index is 866. The Labute approximate surface area is 136 Å². The summed E-state index contributed by atoms with van der Waals surface area (Å²) in [5, 5.41) is 21.7. The smallest absolute Gasteiger partial charge is 0.265 e. The molecule has 0 atom stereocenters. The highest BCUT2D eigenvalue weighted by Crippen LogP contribution is 2.26. The molecule has 0 aliphatic rings. The van der Waals surface area contributed by atoms with Gasteiger partial charge < -0.3 is 0 Å². The molecule has 0 saturated carbocycles. The molecule has 0 bridgehead atoms. The van der Waals surface area contributed by atoms with Gasteiger partial charge in [0.05, 0.1) is 28.1 Å². The van der Waals surface area contributed by atoms with Crippen LogP contribution in [0.2, 0.25) is 0 Å². The predicted octanol–water partition coefficient (Wildman–Crippen LogP) is 2.55. The summed E-state index contributed by atoms with van der Waals surface area (Å²) < 4.78 is 28.7. The van der Waals surface area contributed by atoms with Crippen LogP contribution in [-0.4, -0.2) is 18.3 Å². The molecule has 0 heterocycles. The summed E-state index contributed by atoms with van der Waals surface area (Å²) >= 11 is 0. The molecule has 24 heavy (non-hydrogen) atoms. The van der Waals surface area contributed by atoms with Crippen molar-refractivity contribution in [2.45, 2.75) is 12.4 Å². The number of hydrogen-bond donors (Lipinski definition) is 0. The van der Waals surface area contributed by atoms with Crippen molar-refractivity contribution >= 4 is 21.5 Å². The molecule has 0 spiro atoms. The van der Waals surface area contributed by atoms with Crippen LogP contribution in [0.1, 0.15) is 11.1 Å². The molecule has 2 aromatic rings. The van der Waals surface area contributed by atoms with Crippen LogP contribution in [0.25, 0.3) is 0 Å². The van der Waals surface area contributed by atoms with Gasteiger partial charge in [-0.05, 0) is 11.6 Å². The summed E-state index contributed by atoms with van der Waals surface area (Å²) in [6.45, 7) is -0.580. The fraction of sp³-hybridized carbons (Fsp3) is 0.143. The molecule has 0 fully saturated rings. The van der Waals surface area contributed by atoms with E-state index in [1.165, 1.54) is 0 Å². The number of hydrogen-bond acceptors (Lipinski definition) is 7. The molecule has 10 heteroatoms. The van der Waals surface area contributed by atoms with E-state index < -0.39 is 37.9 Å². The Morgan fingerprint density at radius 2 is 1.62 bits per heavy atom. The van der Waals surface area contributed by atoms with E-state index >= 15 is 0 Å². The maximum atomic E-state index is 11.9. The third-order valence-electron chi connectivity index (χ3n) is 3.06. The van der Waals surface area contributed by atoms with E-state index in [4.69, 9.17) is 4.18 Å². The summed E-state index contributed by atoms with van der Waals surface area (Å²) in [5.74, 6) is -0.380. The third-order valence-corrected chi connectivity index (χ3v) is 4.22. The van der Waals surface area contributed by atoms with Crippen LogP contribution in [0.15, 0.2) is 48.5 Å². The molecule has 9 nitrogen and oxygen atoms in total. The van der Waals surface area contributed by atoms with Gasteiger partial charge >= 0.3 is 0 Å². The average Bonchev–Trinajstić information content (AvgIpc) is 2.53. The Hall–Kier alpha value is -2.85. The lowest BCUT2D eigenvalue weighted by atomic mass is 10.2. The zero-order valence-corrected chi connectivity index (χ0v) is 13.0. The molecule has 0 aliphatic heterocycles. The quantitative estimate of drug-likeness (QED) is 0.425. The maximum absolute atomic E-state index is 11.9. The first-order valence-corrected chi connectivity index (χ1v) is 8.19. The third kappa shape index (κ3) is 4.57. The fourth-order valence-corrected chi connectivity index (χ4v) is 2.92. The highest BCUT2D eigenvalue weighted by Gasteiger charge is 2.21. The topological polar surface area (TPSA) is 130 Å². The molecule has 0 unspecified atom stereocenters. The summed E-state index contributed by atoms with van der Waals surface area (Å²) in [6, 6.07) is 11.2. The zero-order chi connectivity index (χ0) is 17.7. The van der Waals surface area contributed by atoms with Crippen molar-refractivity contribution < 1.29 is 22.4 Å². The van der Waals surface area contributed by atoms with Crippen LogP contribution in [-0.2, 0) is 26.7 Å². The Kier molecular flexibility index (Phi) is 5.21. The molecule has 0 saturated heterocycles. The zero-order valence-electron chi connectivity index (χ0n) is 12.2. The van der Waals surface area contributed by atoms with Crippen molar-refractivity contribution in [2.24, 2.45) is 0 Å². The van der Waals surface area contributed by atoms with E-state index in [9.17, 15) is 28.6 Å². The number of nitro groups is 2. The second-order valence-electron chi connectivity index (χ2n) is 4.78. The second-order valence-corrected chi connectivity index (χ2v) is 6.42. The van der Waals surface area contributed by atoms with Gasteiger partial charge in [-0.15, -0.1) is 0 Å². The molecule has 0 aliphatic carbocycles. The molecule has 0 radical (unpaired) electrons. The number of nitro benzene ring substituents is 2. The van der Waals surface area contributed by atoms with Gasteiger partial charge in [-0.1, -0.05) is 30.3 Å². The molecule has 0 aromatic heterocycles. The van der Waals surface area contributed by atoms with Gasteiger partial charge in [0.25, 0.3) is 21.5 Å². The van der Waals surface area contributed by atoms with Gasteiger partial charge in [-0.25, -0.2) is 0 Å². The van der Waals surface area contributed by atoms with Gasteiger partial charge in [0.2, 0.25) is 0 Å². The monoisotopic (exact) mass is 352 g/mol. The summed E-state index contributed by atoms with van der Waals surface area (Å²) in [7, 11) is -3.96. The van der Waals surface area contributed by atoms with Gasteiger partial charge in [-0.3, -0.25) is 24.4 Å². The lowest BCUT2D eigenvalue weighted by Crippen LogP contribution is -2.10. The van der Waals surface area contributed by atoms with Crippen LogP contribution in [0.5, 0.6) is 0 Å². The Morgan fingerprint density at radius 3 is 2.21 bits per heavy atom. The SMILES string of the molecule is O=[N+]([O-])c1ccc(COS(=O)(=O)Cc2ccccc2)c([N+](=O)[O-])c1. The van der Waals surface area contributed by atoms with Crippen LogP contribution < -0.4 is 0 Å². The largest absolute Gasteiger partial charge is 0.281 e. The molecular formula is C14H12N2O7S. The van der Waals surface area contributed by atoms with Crippen molar-refractivity contribution in [3.8, 4) is 0 Å². The van der Waals surface area contributed by atoms with Crippen LogP contribution >= 0.6 is 0 Å². The van der Waals surface area contributed by atoms with Crippen LogP contribution in [0.4, 0.5) is 11.4 Å². The van der Waals surface area contributed by atoms with Crippen molar-refractivity contribution in [3.63, 3.8) is 0 Å². The lowest BCUT2D eigenvalue weighted by molar-refractivity contribution is -0.394. The molecule has 0 N–H and O–H groups in total. The van der Waals surface area contributed by atoms with Gasteiger partial charge in [0, 0.05) is 6.07 Å². The summed E-state index contributed by atoms with van der Waals surface area (Å²) in [6.07, 6.45) is 0. The normalized spacial score (nSPS) is 11.2.